The van der Waals surface area contributed by atoms with Gasteiger partial charge in [0.05, 0.1) is 19.6 Å². The molecular formula is C15H22N2O3S. The third kappa shape index (κ3) is 6.18. The van der Waals surface area contributed by atoms with Crippen molar-refractivity contribution in [3.05, 3.63) is 29.8 Å². The molecule has 1 aromatic carbocycles. The zero-order valence-electron chi connectivity index (χ0n) is 12.6. The fraction of sp³-hybridized carbons (Fsp3) is 0.467. The molecule has 0 saturated carbocycles. The highest BCUT2D eigenvalue weighted by atomic mass is 32.2. The molecule has 1 rings (SSSR count). The van der Waals surface area contributed by atoms with E-state index in [-0.39, 0.29) is 24.3 Å². The Morgan fingerprint density at radius 1 is 1.29 bits per heavy atom. The molecule has 1 aromatic rings. The van der Waals surface area contributed by atoms with Crippen molar-refractivity contribution < 1.29 is 14.3 Å². The number of rotatable bonds is 8. The Bertz CT molecular complexity index is 462. The van der Waals surface area contributed by atoms with Crippen LogP contribution in [0.15, 0.2) is 29.2 Å². The Morgan fingerprint density at radius 2 is 1.95 bits per heavy atom. The zero-order chi connectivity index (χ0) is 15.7. The van der Waals surface area contributed by atoms with E-state index in [1.807, 2.05) is 30.5 Å². The lowest BCUT2D eigenvalue weighted by Crippen LogP contribution is -2.32. The van der Waals surface area contributed by atoms with Crippen LogP contribution in [0.5, 0.6) is 0 Å². The summed E-state index contributed by atoms with van der Waals surface area (Å²) < 4.78 is 4.70. The van der Waals surface area contributed by atoms with Crippen LogP contribution in [0.4, 0.5) is 0 Å². The summed E-state index contributed by atoms with van der Waals surface area (Å²) in [6.45, 7) is 0.599. The Hall–Kier alpha value is -1.53. The maximum atomic E-state index is 11.9. The van der Waals surface area contributed by atoms with Gasteiger partial charge in [-0.2, -0.15) is 0 Å². The Balaban J connectivity index is 2.79. The van der Waals surface area contributed by atoms with Crippen LogP contribution in [0.3, 0.4) is 0 Å². The van der Waals surface area contributed by atoms with Crippen LogP contribution in [-0.4, -0.2) is 38.8 Å². The number of hydrogen-bond donors (Lipinski definition) is 2. The van der Waals surface area contributed by atoms with Gasteiger partial charge in [0.2, 0.25) is 5.91 Å². The third-order valence-corrected chi connectivity index (χ3v) is 3.80. The monoisotopic (exact) mass is 310 g/mol. The second-order valence-corrected chi connectivity index (χ2v) is 5.41. The van der Waals surface area contributed by atoms with Crippen LogP contribution in [0.2, 0.25) is 0 Å². The largest absolute Gasteiger partial charge is 0.469 e. The molecule has 0 aliphatic heterocycles. The van der Waals surface area contributed by atoms with Gasteiger partial charge in [-0.25, -0.2) is 0 Å². The summed E-state index contributed by atoms with van der Waals surface area (Å²) in [6.07, 6.45) is 2.50. The smallest absolute Gasteiger partial charge is 0.307 e. The van der Waals surface area contributed by atoms with Crippen LogP contribution in [0, 0.1) is 0 Å². The molecule has 0 heterocycles. The second kappa shape index (κ2) is 9.41. The van der Waals surface area contributed by atoms with Gasteiger partial charge in [-0.1, -0.05) is 12.1 Å². The molecule has 0 aliphatic rings. The highest BCUT2D eigenvalue weighted by Crippen LogP contribution is 2.21. The quantitative estimate of drug-likeness (QED) is 0.565. The number of hydrogen-bond acceptors (Lipinski definition) is 5. The molecule has 5 nitrogen and oxygen atoms in total. The summed E-state index contributed by atoms with van der Waals surface area (Å²) in [7, 11) is 3.14. The highest BCUT2D eigenvalue weighted by Gasteiger charge is 2.18. The zero-order valence-corrected chi connectivity index (χ0v) is 13.5. The lowest BCUT2D eigenvalue weighted by Gasteiger charge is -2.18. The van der Waals surface area contributed by atoms with Gasteiger partial charge in [-0.15, -0.1) is 11.8 Å². The molecule has 0 saturated heterocycles. The molecule has 0 bridgehead atoms. The second-order valence-electron chi connectivity index (χ2n) is 4.53. The summed E-state index contributed by atoms with van der Waals surface area (Å²) >= 11 is 1.65. The first-order valence-electron chi connectivity index (χ1n) is 6.75. The third-order valence-electron chi connectivity index (χ3n) is 3.05. The van der Waals surface area contributed by atoms with Crippen molar-refractivity contribution in [2.24, 2.45) is 0 Å². The molecule has 0 aliphatic carbocycles. The van der Waals surface area contributed by atoms with Gasteiger partial charge >= 0.3 is 5.97 Å². The standard InChI is InChI=1S/C15H22N2O3S/c1-16-9-8-14(18)17-13(10-15(19)20-2)11-4-6-12(21-3)7-5-11/h4-7,13,16H,8-10H2,1-3H3,(H,17,18). The van der Waals surface area contributed by atoms with Crippen LogP contribution < -0.4 is 10.6 Å². The Morgan fingerprint density at radius 3 is 2.48 bits per heavy atom. The van der Waals surface area contributed by atoms with E-state index >= 15 is 0 Å². The van der Waals surface area contributed by atoms with Crippen LogP contribution in [0.25, 0.3) is 0 Å². The average Bonchev–Trinajstić information content (AvgIpc) is 2.52. The van der Waals surface area contributed by atoms with E-state index in [0.29, 0.717) is 13.0 Å². The van der Waals surface area contributed by atoms with Crippen molar-refractivity contribution in [3.8, 4) is 0 Å². The maximum absolute atomic E-state index is 11.9. The van der Waals surface area contributed by atoms with E-state index in [4.69, 9.17) is 4.74 Å². The van der Waals surface area contributed by atoms with Gasteiger partial charge in [0.25, 0.3) is 0 Å². The average molecular weight is 310 g/mol. The van der Waals surface area contributed by atoms with E-state index < -0.39 is 0 Å². The number of esters is 1. The Labute approximate surface area is 129 Å². The van der Waals surface area contributed by atoms with Crippen molar-refractivity contribution in [3.63, 3.8) is 0 Å². The van der Waals surface area contributed by atoms with Gasteiger partial charge in [0.1, 0.15) is 0 Å². The van der Waals surface area contributed by atoms with Gasteiger partial charge in [0.15, 0.2) is 0 Å². The predicted molar refractivity (Wildman–Crippen MR) is 84.3 cm³/mol. The number of benzene rings is 1. The molecule has 0 spiro atoms. The molecule has 0 aromatic heterocycles. The predicted octanol–water partition coefficient (Wildman–Crippen LogP) is 1.74. The van der Waals surface area contributed by atoms with Gasteiger partial charge in [0, 0.05) is 17.9 Å². The number of carbonyl (C=O) groups excluding carboxylic acids is 2. The van der Waals surface area contributed by atoms with Crippen molar-refractivity contribution in [2.45, 2.75) is 23.8 Å². The highest BCUT2D eigenvalue weighted by molar-refractivity contribution is 7.98. The number of methoxy groups -OCH3 is 1. The molecular weight excluding hydrogens is 288 g/mol. The first kappa shape index (κ1) is 17.5. The number of nitrogens with one attached hydrogen (secondary N) is 2. The molecule has 1 atom stereocenters. The summed E-state index contributed by atoms with van der Waals surface area (Å²) in [5, 5.41) is 5.81. The lowest BCUT2D eigenvalue weighted by molar-refractivity contribution is -0.141. The van der Waals surface area contributed by atoms with Gasteiger partial charge < -0.3 is 15.4 Å². The molecule has 6 heteroatoms. The summed E-state index contributed by atoms with van der Waals surface area (Å²) in [5.74, 6) is -0.435. The summed E-state index contributed by atoms with van der Waals surface area (Å²) in [4.78, 5) is 24.5. The van der Waals surface area contributed by atoms with Crippen molar-refractivity contribution in [1.29, 1.82) is 0 Å². The van der Waals surface area contributed by atoms with E-state index in [2.05, 4.69) is 10.6 Å². The Kier molecular flexibility index (Phi) is 7.85. The minimum absolute atomic E-state index is 0.0906. The fourth-order valence-corrected chi connectivity index (χ4v) is 2.25. The lowest BCUT2D eigenvalue weighted by atomic mass is 10.0. The fourth-order valence-electron chi connectivity index (χ4n) is 1.84. The van der Waals surface area contributed by atoms with Crippen molar-refractivity contribution >= 4 is 23.6 Å². The minimum atomic E-state index is -0.363. The van der Waals surface area contributed by atoms with Crippen molar-refractivity contribution in [2.75, 3.05) is 27.0 Å². The normalized spacial score (nSPS) is 11.8. The SMILES string of the molecule is CNCCC(=O)NC(CC(=O)OC)c1ccc(SC)cc1. The van der Waals surface area contributed by atoms with E-state index in [1.54, 1.807) is 18.8 Å². The minimum Gasteiger partial charge on any atom is -0.469 e. The molecule has 116 valence electrons. The first-order chi connectivity index (χ1) is 10.1. The summed E-state index contributed by atoms with van der Waals surface area (Å²) in [5.41, 5.74) is 0.899. The van der Waals surface area contributed by atoms with Crippen LogP contribution in [0.1, 0.15) is 24.4 Å². The van der Waals surface area contributed by atoms with E-state index in [1.165, 1.54) is 7.11 Å². The topological polar surface area (TPSA) is 67.4 Å². The maximum Gasteiger partial charge on any atom is 0.307 e. The molecule has 21 heavy (non-hydrogen) atoms. The number of carbonyl (C=O) groups is 2. The van der Waals surface area contributed by atoms with E-state index in [9.17, 15) is 9.59 Å². The molecule has 1 amide bonds. The molecule has 2 N–H and O–H groups in total. The van der Waals surface area contributed by atoms with E-state index in [0.717, 1.165) is 10.5 Å². The van der Waals surface area contributed by atoms with Gasteiger partial charge in [-0.3, -0.25) is 9.59 Å². The number of thioether (sulfide) groups is 1. The molecule has 1 unspecified atom stereocenters. The summed E-state index contributed by atoms with van der Waals surface area (Å²) in [6, 6.07) is 7.45. The number of amides is 1. The molecule has 0 radical (unpaired) electrons. The number of ether oxygens (including phenoxy) is 1. The molecule has 0 fully saturated rings. The van der Waals surface area contributed by atoms with Crippen molar-refractivity contribution in [1.82, 2.24) is 10.6 Å². The van der Waals surface area contributed by atoms with Crippen LogP contribution in [-0.2, 0) is 14.3 Å². The first-order valence-corrected chi connectivity index (χ1v) is 7.98. The van der Waals surface area contributed by atoms with Crippen LogP contribution >= 0.6 is 11.8 Å². The van der Waals surface area contributed by atoms with Gasteiger partial charge in [-0.05, 0) is 31.0 Å².